The predicted molar refractivity (Wildman–Crippen MR) is 48.1 cm³/mol. The second-order valence-corrected chi connectivity index (χ2v) is 3.65. The first-order valence-electron chi connectivity index (χ1n) is 4.63. The van der Waals surface area contributed by atoms with Gasteiger partial charge in [0.2, 0.25) is 0 Å². The van der Waals surface area contributed by atoms with E-state index in [0.29, 0.717) is 6.04 Å². The van der Waals surface area contributed by atoms with E-state index in [0.717, 1.165) is 12.5 Å². The summed E-state index contributed by atoms with van der Waals surface area (Å²) in [5.74, 6) is 0.777. The van der Waals surface area contributed by atoms with Crippen LogP contribution in [0.15, 0.2) is 0 Å². The molecule has 0 aromatic rings. The molecule has 0 aromatic carbocycles. The first kappa shape index (κ1) is 9.96. The molecule has 2 atom stereocenters. The second kappa shape index (κ2) is 4.80. The van der Waals surface area contributed by atoms with Gasteiger partial charge in [-0.05, 0) is 25.7 Å². The Morgan fingerprint density at radius 1 is 1.58 bits per heavy atom. The summed E-state index contributed by atoms with van der Waals surface area (Å²) in [6.45, 7) is 2.95. The van der Waals surface area contributed by atoms with Gasteiger partial charge in [0.15, 0.2) is 0 Å². The maximum absolute atomic E-state index is 8.85. The van der Waals surface area contributed by atoms with Crippen molar-refractivity contribution in [2.24, 2.45) is 5.92 Å². The SMILES string of the molecule is COCC(N[C@@H](C)CO)C1CC1. The number of hydrogen-bond donors (Lipinski definition) is 2. The fourth-order valence-corrected chi connectivity index (χ4v) is 1.42. The van der Waals surface area contributed by atoms with Crippen molar-refractivity contribution in [3.8, 4) is 0 Å². The number of hydrogen-bond acceptors (Lipinski definition) is 3. The molecule has 0 bridgehead atoms. The molecule has 0 aliphatic heterocycles. The zero-order valence-electron chi connectivity index (χ0n) is 7.92. The lowest BCUT2D eigenvalue weighted by Gasteiger charge is -2.21. The van der Waals surface area contributed by atoms with Crippen LogP contribution in [-0.2, 0) is 4.74 Å². The average Bonchev–Trinajstić information content (AvgIpc) is 2.86. The van der Waals surface area contributed by atoms with Gasteiger partial charge in [-0.25, -0.2) is 0 Å². The molecule has 1 rings (SSSR count). The van der Waals surface area contributed by atoms with Crippen LogP contribution >= 0.6 is 0 Å². The van der Waals surface area contributed by atoms with E-state index in [1.165, 1.54) is 12.8 Å². The van der Waals surface area contributed by atoms with Crippen LogP contribution in [-0.4, -0.2) is 37.5 Å². The van der Waals surface area contributed by atoms with Crippen LogP contribution in [0.5, 0.6) is 0 Å². The molecule has 0 heterocycles. The molecule has 0 aromatic heterocycles. The highest BCUT2D eigenvalue weighted by atomic mass is 16.5. The number of ether oxygens (including phenoxy) is 1. The van der Waals surface area contributed by atoms with E-state index in [2.05, 4.69) is 5.32 Å². The molecule has 0 spiro atoms. The summed E-state index contributed by atoms with van der Waals surface area (Å²) in [6, 6.07) is 0.628. The topological polar surface area (TPSA) is 41.5 Å². The number of nitrogens with one attached hydrogen (secondary N) is 1. The molecule has 0 radical (unpaired) electrons. The van der Waals surface area contributed by atoms with Gasteiger partial charge in [-0.1, -0.05) is 0 Å². The molecular weight excluding hydrogens is 154 g/mol. The lowest BCUT2D eigenvalue weighted by molar-refractivity contribution is 0.142. The molecule has 1 unspecified atom stereocenters. The molecule has 3 heteroatoms. The van der Waals surface area contributed by atoms with Gasteiger partial charge in [-0.2, -0.15) is 0 Å². The van der Waals surface area contributed by atoms with Crippen molar-refractivity contribution in [1.29, 1.82) is 0 Å². The molecule has 3 nitrogen and oxygen atoms in total. The molecule has 1 aliphatic rings. The van der Waals surface area contributed by atoms with Gasteiger partial charge in [-0.15, -0.1) is 0 Å². The Labute approximate surface area is 74.1 Å². The molecule has 72 valence electrons. The van der Waals surface area contributed by atoms with Crippen LogP contribution in [0, 0.1) is 5.92 Å². The summed E-state index contributed by atoms with van der Waals surface area (Å²) in [5, 5.41) is 12.2. The average molecular weight is 173 g/mol. The van der Waals surface area contributed by atoms with Crippen LogP contribution < -0.4 is 5.32 Å². The van der Waals surface area contributed by atoms with Gasteiger partial charge >= 0.3 is 0 Å². The highest BCUT2D eigenvalue weighted by molar-refractivity contribution is 4.87. The zero-order chi connectivity index (χ0) is 8.97. The summed E-state index contributed by atoms with van der Waals surface area (Å²) < 4.78 is 5.11. The molecular formula is C9H19NO2. The summed E-state index contributed by atoms with van der Waals surface area (Å²) in [7, 11) is 1.72. The van der Waals surface area contributed by atoms with Crippen molar-refractivity contribution in [2.45, 2.75) is 31.8 Å². The summed E-state index contributed by atoms with van der Waals surface area (Å²) in [4.78, 5) is 0. The minimum absolute atomic E-state index is 0.186. The van der Waals surface area contributed by atoms with Gasteiger partial charge in [-0.3, -0.25) is 0 Å². The third-order valence-electron chi connectivity index (χ3n) is 2.31. The van der Waals surface area contributed by atoms with Crippen LogP contribution in [0.25, 0.3) is 0 Å². The van der Waals surface area contributed by atoms with Crippen molar-refractivity contribution in [2.75, 3.05) is 20.3 Å². The van der Waals surface area contributed by atoms with E-state index in [1.807, 2.05) is 6.92 Å². The Kier molecular flexibility index (Phi) is 3.98. The van der Waals surface area contributed by atoms with E-state index < -0.39 is 0 Å². The van der Waals surface area contributed by atoms with Crippen LogP contribution in [0.3, 0.4) is 0 Å². The van der Waals surface area contributed by atoms with E-state index in [-0.39, 0.29) is 12.6 Å². The monoisotopic (exact) mass is 173 g/mol. The maximum Gasteiger partial charge on any atom is 0.0618 e. The first-order chi connectivity index (χ1) is 5.77. The van der Waals surface area contributed by atoms with Gasteiger partial charge in [0, 0.05) is 19.2 Å². The molecule has 1 saturated carbocycles. The van der Waals surface area contributed by atoms with E-state index >= 15 is 0 Å². The third kappa shape index (κ3) is 3.09. The van der Waals surface area contributed by atoms with Crippen LogP contribution in [0.2, 0.25) is 0 Å². The van der Waals surface area contributed by atoms with Crippen LogP contribution in [0.1, 0.15) is 19.8 Å². The van der Waals surface area contributed by atoms with Gasteiger partial charge < -0.3 is 15.2 Å². The Balaban J connectivity index is 2.22. The number of methoxy groups -OCH3 is 1. The fourth-order valence-electron chi connectivity index (χ4n) is 1.42. The first-order valence-corrected chi connectivity index (χ1v) is 4.63. The second-order valence-electron chi connectivity index (χ2n) is 3.65. The number of aliphatic hydroxyl groups excluding tert-OH is 1. The molecule has 0 saturated heterocycles. The quantitative estimate of drug-likeness (QED) is 0.610. The maximum atomic E-state index is 8.85. The van der Waals surface area contributed by atoms with Gasteiger partial charge in [0.25, 0.3) is 0 Å². The van der Waals surface area contributed by atoms with Crippen molar-refractivity contribution in [3.63, 3.8) is 0 Å². The number of aliphatic hydroxyl groups is 1. The molecule has 0 amide bonds. The highest BCUT2D eigenvalue weighted by Gasteiger charge is 2.31. The van der Waals surface area contributed by atoms with Gasteiger partial charge in [0.05, 0.1) is 13.2 Å². The van der Waals surface area contributed by atoms with Crippen molar-refractivity contribution < 1.29 is 9.84 Å². The highest BCUT2D eigenvalue weighted by Crippen LogP contribution is 2.32. The van der Waals surface area contributed by atoms with Crippen molar-refractivity contribution in [3.05, 3.63) is 0 Å². The Morgan fingerprint density at radius 2 is 2.25 bits per heavy atom. The predicted octanol–water partition coefficient (Wildman–Crippen LogP) is 0.382. The summed E-state index contributed by atoms with van der Waals surface area (Å²) >= 11 is 0. The van der Waals surface area contributed by atoms with Crippen molar-refractivity contribution >= 4 is 0 Å². The Morgan fingerprint density at radius 3 is 2.67 bits per heavy atom. The lowest BCUT2D eigenvalue weighted by Crippen LogP contribution is -2.42. The Bertz CT molecular complexity index is 126. The standard InChI is InChI=1S/C9H19NO2/c1-7(5-11)10-9(6-12-2)8-3-4-8/h7-11H,3-6H2,1-2H3/t7-,9?/m0/s1. The number of rotatable bonds is 6. The lowest BCUT2D eigenvalue weighted by atomic mass is 10.2. The van der Waals surface area contributed by atoms with Crippen molar-refractivity contribution in [1.82, 2.24) is 5.32 Å². The minimum Gasteiger partial charge on any atom is -0.395 e. The van der Waals surface area contributed by atoms with E-state index in [4.69, 9.17) is 9.84 Å². The molecule has 1 aliphatic carbocycles. The minimum atomic E-state index is 0.186. The molecule has 12 heavy (non-hydrogen) atoms. The van der Waals surface area contributed by atoms with E-state index in [1.54, 1.807) is 7.11 Å². The Hall–Kier alpha value is -0.120. The van der Waals surface area contributed by atoms with Crippen LogP contribution in [0.4, 0.5) is 0 Å². The molecule has 2 N–H and O–H groups in total. The third-order valence-corrected chi connectivity index (χ3v) is 2.31. The molecule has 1 fully saturated rings. The summed E-state index contributed by atoms with van der Waals surface area (Å²) in [6.07, 6.45) is 2.61. The summed E-state index contributed by atoms with van der Waals surface area (Å²) in [5.41, 5.74) is 0. The van der Waals surface area contributed by atoms with Gasteiger partial charge in [0.1, 0.15) is 0 Å². The zero-order valence-corrected chi connectivity index (χ0v) is 7.92. The van der Waals surface area contributed by atoms with E-state index in [9.17, 15) is 0 Å². The smallest absolute Gasteiger partial charge is 0.0618 e. The largest absolute Gasteiger partial charge is 0.395 e. The normalized spacial score (nSPS) is 22.2. The fraction of sp³-hybridized carbons (Fsp3) is 1.00.